The third-order valence-corrected chi connectivity index (χ3v) is 2.87. The zero-order valence-electron chi connectivity index (χ0n) is 10.2. The van der Waals surface area contributed by atoms with Crippen LogP contribution in [-0.4, -0.2) is 40.7 Å². The lowest BCUT2D eigenvalue weighted by Gasteiger charge is -2.13. The second kappa shape index (κ2) is 4.56. The van der Waals surface area contributed by atoms with Gasteiger partial charge in [0, 0.05) is 7.05 Å². The van der Waals surface area contributed by atoms with Crippen molar-refractivity contribution in [3.63, 3.8) is 0 Å². The number of carbonyl (C=O) groups is 3. The molecule has 0 aromatic carbocycles. The van der Waals surface area contributed by atoms with Gasteiger partial charge < -0.3 is 16.8 Å². The number of nitrogens with two attached hydrogens (primary N) is 2. The minimum atomic E-state index is -0.726. The molecule has 1 atom stereocenters. The molecule has 5 N–H and O–H groups in total. The molecule has 8 nitrogen and oxygen atoms in total. The van der Waals surface area contributed by atoms with Crippen LogP contribution < -0.4 is 16.8 Å². The highest BCUT2D eigenvalue weighted by Gasteiger charge is 2.36. The van der Waals surface area contributed by atoms with E-state index in [9.17, 15) is 14.4 Å². The molecule has 1 saturated heterocycles. The van der Waals surface area contributed by atoms with Crippen molar-refractivity contribution in [2.45, 2.75) is 12.5 Å². The molecule has 19 heavy (non-hydrogen) atoms. The van der Waals surface area contributed by atoms with Crippen molar-refractivity contribution >= 4 is 29.2 Å². The number of nitrogens with zero attached hydrogens (tertiary/aromatic N) is 2. The number of hydrogen-bond donors (Lipinski definition) is 3. The lowest BCUT2D eigenvalue weighted by Crippen LogP contribution is -2.32. The van der Waals surface area contributed by atoms with E-state index in [1.54, 1.807) is 0 Å². The molecule has 1 unspecified atom stereocenters. The molecule has 0 aliphatic carbocycles. The van der Waals surface area contributed by atoms with Crippen molar-refractivity contribution in [2.24, 2.45) is 5.73 Å². The van der Waals surface area contributed by atoms with E-state index >= 15 is 0 Å². The Hall–Kier alpha value is -2.64. The van der Waals surface area contributed by atoms with Gasteiger partial charge in [-0.2, -0.15) is 0 Å². The van der Waals surface area contributed by atoms with E-state index in [4.69, 9.17) is 11.5 Å². The van der Waals surface area contributed by atoms with E-state index in [2.05, 4.69) is 10.3 Å². The highest BCUT2D eigenvalue weighted by molar-refractivity contribution is 6.06. The lowest BCUT2D eigenvalue weighted by atomic mass is 10.2. The molecule has 1 aliphatic rings. The van der Waals surface area contributed by atoms with Crippen LogP contribution in [0.25, 0.3) is 0 Å². The molecule has 3 amide bonds. The van der Waals surface area contributed by atoms with Gasteiger partial charge in [-0.05, 0) is 12.1 Å². The van der Waals surface area contributed by atoms with Crippen LogP contribution >= 0.6 is 0 Å². The van der Waals surface area contributed by atoms with Crippen LogP contribution in [0.2, 0.25) is 0 Å². The highest BCUT2D eigenvalue weighted by Crippen LogP contribution is 2.20. The molecule has 1 fully saturated rings. The summed E-state index contributed by atoms with van der Waals surface area (Å²) in [5.74, 6) is -1.19. The van der Waals surface area contributed by atoms with Gasteiger partial charge in [0.05, 0.1) is 12.1 Å². The summed E-state index contributed by atoms with van der Waals surface area (Å²) >= 11 is 0. The molecule has 100 valence electrons. The van der Waals surface area contributed by atoms with Crippen LogP contribution in [0.5, 0.6) is 0 Å². The Kier molecular flexibility index (Phi) is 3.07. The van der Waals surface area contributed by atoms with Gasteiger partial charge in [0.15, 0.2) is 5.82 Å². The van der Waals surface area contributed by atoms with Crippen molar-refractivity contribution in [2.75, 3.05) is 18.1 Å². The fourth-order valence-corrected chi connectivity index (χ4v) is 1.76. The van der Waals surface area contributed by atoms with Gasteiger partial charge in [0.1, 0.15) is 11.7 Å². The van der Waals surface area contributed by atoms with Gasteiger partial charge >= 0.3 is 0 Å². The van der Waals surface area contributed by atoms with Gasteiger partial charge in [0.25, 0.3) is 11.8 Å². The largest absolute Gasteiger partial charge is 0.396 e. The number of likely N-dealkylation sites (N-methyl/N-ethyl adjacent to an activating group) is 1. The molecule has 1 aromatic rings. The summed E-state index contributed by atoms with van der Waals surface area (Å²) < 4.78 is 0. The SMILES string of the molecule is CN1C(=O)CC(Nc2nc(C(N)=O)ccc2N)C1=O. The smallest absolute Gasteiger partial charge is 0.267 e. The van der Waals surface area contributed by atoms with Crippen LogP contribution in [0.4, 0.5) is 11.5 Å². The first kappa shape index (κ1) is 12.8. The summed E-state index contributed by atoms with van der Waals surface area (Å²) in [6.45, 7) is 0. The number of likely N-dealkylation sites (tertiary alicyclic amines) is 1. The third kappa shape index (κ3) is 2.32. The molecule has 0 saturated carbocycles. The number of aromatic nitrogens is 1. The number of nitrogens with one attached hydrogen (secondary N) is 1. The van der Waals surface area contributed by atoms with Gasteiger partial charge in [0.2, 0.25) is 5.91 Å². The summed E-state index contributed by atoms with van der Waals surface area (Å²) in [6.07, 6.45) is 0.0251. The van der Waals surface area contributed by atoms with Crippen LogP contribution in [0.15, 0.2) is 12.1 Å². The number of amides is 3. The lowest BCUT2D eigenvalue weighted by molar-refractivity contribution is -0.136. The first-order chi connectivity index (χ1) is 8.90. The number of imide groups is 1. The van der Waals surface area contributed by atoms with E-state index < -0.39 is 11.9 Å². The molecular formula is C11H13N5O3. The van der Waals surface area contributed by atoms with Crippen LogP contribution in [0.1, 0.15) is 16.9 Å². The summed E-state index contributed by atoms with van der Waals surface area (Å²) in [4.78, 5) is 39.1. The number of pyridine rings is 1. The van der Waals surface area contributed by atoms with Crippen molar-refractivity contribution in [3.8, 4) is 0 Å². The maximum atomic E-state index is 11.7. The zero-order valence-corrected chi connectivity index (χ0v) is 10.2. The fourth-order valence-electron chi connectivity index (χ4n) is 1.76. The van der Waals surface area contributed by atoms with Crippen LogP contribution in [-0.2, 0) is 9.59 Å². The van der Waals surface area contributed by atoms with Crippen molar-refractivity contribution < 1.29 is 14.4 Å². The minimum Gasteiger partial charge on any atom is -0.396 e. The Morgan fingerprint density at radius 2 is 2.16 bits per heavy atom. The number of anilines is 2. The van der Waals surface area contributed by atoms with Gasteiger partial charge in [-0.15, -0.1) is 0 Å². The highest BCUT2D eigenvalue weighted by atomic mass is 16.2. The zero-order chi connectivity index (χ0) is 14.2. The van der Waals surface area contributed by atoms with E-state index in [0.717, 1.165) is 4.90 Å². The first-order valence-electron chi connectivity index (χ1n) is 5.53. The van der Waals surface area contributed by atoms with Gasteiger partial charge in [-0.25, -0.2) is 4.98 Å². The molecule has 8 heteroatoms. The quantitative estimate of drug-likeness (QED) is 0.595. The van der Waals surface area contributed by atoms with Crippen molar-refractivity contribution in [1.82, 2.24) is 9.88 Å². The van der Waals surface area contributed by atoms with E-state index in [1.807, 2.05) is 0 Å². The van der Waals surface area contributed by atoms with Crippen LogP contribution in [0, 0.1) is 0 Å². The maximum absolute atomic E-state index is 11.7. The van der Waals surface area contributed by atoms with Gasteiger partial charge in [-0.3, -0.25) is 19.3 Å². The third-order valence-electron chi connectivity index (χ3n) is 2.87. The molecule has 1 aliphatic heterocycles. The Balaban J connectivity index is 2.24. The van der Waals surface area contributed by atoms with Crippen molar-refractivity contribution in [3.05, 3.63) is 17.8 Å². The molecule has 2 heterocycles. The Labute approximate surface area is 108 Å². The second-order valence-electron chi connectivity index (χ2n) is 4.19. The summed E-state index contributed by atoms with van der Waals surface area (Å²) in [5, 5.41) is 2.76. The molecule has 0 radical (unpaired) electrons. The van der Waals surface area contributed by atoms with Crippen molar-refractivity contribution in [1.29, 1.82) is 0 Å². The standard InChI is InChI=1S/C11H13N5O3/c1-16-8(17)4-7(11(16)19)15-10-5(12)2-3-6(14-10)9(13)18/h2-3,7H,4,12H2,1H3,(H2,13,18)(H,14,15). The summed E-state index contributed by atoms with van der Waals surface area (Å²) in [6, 6.07) is 2.12. The molecule has 0 bridgehead atoms. The predicted molar refractivity (Wildman–Crippen MR) is 67.0 cm³/mol. The Bertz CT molecular complexity index is 571. The average molecular weight is 263 g/mol. The average Bonchev–Trinajstić information content (AvgIpc) is 2.59. The minimum absolute atomic E-state index is 0.0251. The Morgan fingerprint density at radius 1 is 1.47 bits per heavy atom. The predicted octanol–water partition coefficient (Wildman–Crippen LogP) is -1.07. The van der Waals surface area contributed by atoms with E-state index in [1.165, 1.54) is 19.2 Å². The number of nitrogen functional groups attached to an aromatic ring is 1. The topological polar surface area (TPSA) is 131 Å². The Morgan fingerprint density at radius 3 is 2.68 bits per heavy atom. The monoisotopic (exact) mass is 263 g/mol. The number of primary amides is 1. The fraction of sp³-hybridized carbons (Fsp3) is 0.273. The normalized spacial score (nSPS) is 18.8. The van der Waals surface area contributed by atoms with Crippen LogP contribution in [0.3, 0.4) is 0 Å². The molecule has 2 rings (SSSR count). The maximum Gasteiger partial charge on any atom is 0.267 e. The number of hydrogen-bond acceptors (Lipinski definition) is 6. The molecule has 1 aromatic heterocycles. The summed E-state index contributed by atoms with van der Waals surface area (Å²) in [5.41, 5.74) is 11.1. The number of rotatable bonds is 3. The second-order valence-corrected chi connectivity index (χ2v) is 4.19. The first-order valence-corrected chi connectivity index (χ1v) is 5.53. The molecule has 0 spiro atoms. The number of carbonyl (C=O) groups excluding carboxylic acids is 3. The van der Waals surface area contributed by atoms with E-state index in [-0.39, 0.29) is 35.4 Å². The van der Waals surface area contributed by atoms with E-state index in [0.29, 0.717) is 0 Å². The van der Waals surface area contributed by atoms with Gasteiger partial charge in [-0.1, -0.05) is 0 Å². The molecular weight excluding hydrogens is 250 g/mol. The summed E-state index contributed by atoms with van der Waals surface area (Å²) in [7, 11) is 1.41.